The number of halogens is 2. The molecule has 1 heterocycles. The van der Waals surface area contributed by atoms with Crippen LogP contribution >= 0.6 is 0 Å². The largest absolute Gasteiger partial charge is 0.480 e. The standard InChI is InChI=1S/C16H13F2NO4S/c17-16(18)24(21,22)12-7-5-11(6-8-12)19-15(20)14-9-10-3-1-2-4-13(10)23-14/h1-8,14,16H,9H2,(H,19,20)/t14-/m1/s1. The van der Waals surface area contributed by atoms with E-state index in [4.69, 9.17) is 4.74 Å². The molecule has 1 aliphatic rings. The molecule has 126 valence electrons. The first-order valence-corrected chi connectivity index (χ1v) is 8.60. The number of benzene rings is 2. The average molecular weight is 353 g/mol. The zero-order valence-corrected chi connectivity index (χ0v) is 13.1. The minimum atomic E-state index is -4.64. The van der Waals surface area contributed by atoms with E-state index in [0.717, 1.165) is 17.7 Å². The Morgan fingerprint density at radius 2 is 1.79 bits per heavy atom. The lowest BCUT2D eigenvalue weighted by atomic mass is 10.1. The summed E-state index contributed by atoms with van der Waals surface area (Å²) in [7, 11) is -4.64. The van der Waals surface area contributed by atoms with Crippen molar-refractivity contribution in [2.45, 2.75) is 23.2 Å². The molecule has 0 bridgehead atoms. The van der Waals surface area contributed by atoms with Crippen LogP contribution in [-0.4, -0.2) is 26.2 Å². The summed E-state index contributed by atoms with van der Waals surface area (Å²) < 4.78 is 53.2. The fourth-order valence-corrected chi connectivity index (χ4v) is 3.10. The number of fused-ring (bicyclic) bond motifs is 1. The summed E-state index contributed by atoms with van der Waals surface area (Å²) in [5, 5.41) is 2.58. The van der Waals surface area contributed by atoms with Gasteiger partial charge in [-0.05, 0) is 35.9 Å². The molecule has 0 aliphatic carbocycles. The van der Waals surface area contributed by atoms with Crippen LogP contribution < -0.4 is 10.1 Å². The Hall–Kier alpha value is -2.48. The first kappa shape index (κ1) is 16.4. The Labute approximate surface area is 137 Å². The van der Waals surface area contributed by atoms with Crippen LogP contribution in [-0.2, 0) is 21.1 Å². The summed E-state index contributed by atoms with van der Waals surface area (Å²) in [5.41, 5.74) is 1.23. The lowest BCUT2D eigenvalue weighted by Gasteiger charge is -2.12. The van der Waals surface area contributed by atoms with E-state index < -0.39 is 32.5 Å². The number of anilines is 1. The van der Waals surface area contributed by atoms with Gasteiger partial charge >= 0.3 is 5.76 Å². The van der Waals surface area contributed by atoms with Crippen molar-refractivity contribution in [1.29, 1.82) is 0 Å². The number of nitrogens with one attached hydrogen (secondary N) is 1. The fourth-order valence-electron chi connectivity index (χ4n) is 2.38. The van der Waals surface area contributed by atoms with Crippen molar-refractivity contribution < 1.29 is 26.7 Å². The molecule has 8 heteroatoms. The Morgan fingerprint density at radius 1 is 1.12 bits per heavy atom. The highest BCUT2D eigenvalue weighted by Crippen LogP contribution is 2.29. The molecule has 0 radical (unpaired) electrons. The van der Waals surface area contributed by atoms with Crippen LogP contribution in [0.4, 0.5) is 14.5 Å². The Balaban J connectivity index is 1.68. The van der Waals surface area contributed by atoms with Gasteiger partial charge in [0.05, 0.1) is 4.90 Å². The molecule has 0 fully saturated rings. The molecule has 1 N–H and O–H groups in total. The van der Waals surface area contributed by atoms with Gasteiger partial charge in [0.1, 0.15) is 5.75 Å². The van der Waals surface area contributed by atoms with Gasteiger partial charge in [0.25, 0.3) is 5.91 Å². The predicted molar refractivity (Wildman–Crippen MR) is 82.8 cm³/mol. The normalized spacial score (nSPS) is 16.5. The fraction of sp³-hybridized carbons (Fsp3) is 0.188. The third-order valence-corrected chi connectivity index (χ3v) is 5.02. The van der Waals surface area contributed by atoms with E-state index >= 15 is 0 Å². The van der Waals surface area contributed by atoms with Crippen molar-refractivity contribution in [2.24, 2.45) is 0 Å². The van der Waals surface area contributed by atoms with Crippen LogP contribution in [0.2, 0.25) is 0 Å². The maximum atomic E-state index is 12.5. The van der Waals surface area contributed by atoms with Crippen LogP contribution in [0.3, 0.4) is 0 Å². The molecule has 0 spiro atoms. The molecular formula is C16H13F2NO4S. The van der Waals surface area contributed by atoms with E-state index in [2.05, 4.69) is 5.32 Å². The molecule has 1 amide bonds. The van der Waals surface area contributed by atoms with Crippen LogP contribution in [0, 0.1) is 0 Å². The molecule has 2 aromatic carbocycles. The van der Waals surface area contributed by atoms with Crippen molar-refractivity contribution >= 4 is 21.4 Å². The van der Waals surface area contributed by atoms with Gasteiger partial charge < -0.3 is 10.1 Å². The van der Waals surface area contributed by atoms with E-state index in [-0.39, 0.29) is 0 Å². The second kappa shape index (κ2) is 6.20. The number of carbonyl (C=O) groups is 1. The number of carbonyl (C=O) groups excluding carboxylic acids is 1. The van der Waals surface area contributed by atoms with Crippen molar-refractivity contribution in [2.75, 3.05) is 5.32 Å². The van der Waals surface area contributed by atoms with Gasteiger partial charge in [-0.15, -0.1) is 0 Å². The maximum absolute atomic E-state index is 12.5. The number of sulfone groups is 1. The Bertz CT molecular complexity index is 841. The van der Waals surface area contributed by atoms with Gasteiger partial charge in [-0.2, -0.15) is 8.78 Å². The van der Waals surface area contributed by atoms with Gasteiger partial charge in [-0.1, -0.05) is 18.2 Å². The number of alkyl halides is 2. The molecule has 0 unspecified atom stereocenters. The zero-order chi connectivity index (χ0) is 17.3. The van der Waals surface area contributed by atoms with Crippen LogP contribution in [0.25, 0.3) is 0 Å². The summed E-state index contributed by atoms with van der Waals surface area (Å²) in [6.45, 7) is 0. The smallest absolute Gasteiger partial charge is 0.341 e. The van der Waals surface area contributed by atoms with Gasteiger partial charge in [-0.25, -0.2) is 8.42 Å². The molecule has 2 aromatic rings. The Morgan fingerprint density at radius 3 is 2.42 bits per heavy atom. The second-order valence-corrected chi connectivity index (χ2v) is 7.16. The number of hydrogen-bond acceptors (Lipinski definition) is 4. The van der Waals surface area contributed by atoms with E-state index in [9.17, 15) is 22.0 Å². The highest BCUT2D eigenvalue weighted by Gasteiger charge is 2.29. The minimum Gasteiger partial charge on any atom is -0.480 e. The van der Waals surface area contributed by atoms with Crippen molar-refractivity contribution in [3.8, 4) is 5.75 Å². The first-order chi connectivity index (χ1) is 11.4. The summed E-state index contributed by atoms with van der Waals surface area (Å²) in [5.74, 6) is -3.23. The average Bonchev–Trinajstić information content (AvgIpc) is 2.99. The summed E-state index contributed by atoms with van der Waals surface area (Å²) in [4.78, 5) is 11.7. The molecule has 5 nitrogen and oxygen atoms in total. The quantitative estimate of drug-likeness (QED) is 0.917. The number of amides is 1. The van der Waals surface area contributed by atoms with Crippen LogP contribution in [0.5, 0.6) is 5.75 Å². The number of ether oxygens (including phenoxy) is 1. The van der Waals surface area contributed by atoms with Gasteiger partial charge in [-0.3, -0.25) is 4.79 Å². The van der Waals surface area contributed by atoms with Gasteiger partial charge in [0, 0.05) is 12.1 Å². The molecule has 24 heavy (non-hydrogen) atoms. The third kappa shape index (κ3) is 3.09. The van der Waals surface area contributed by atoms with E-state index in [1.54, 1.807) is 12.1 Å². The lowest BCUT2D eigenvalue weighted by molar-refractivity contribution is -0.122. The van der Waals surface area contributed by atoms with E-state index in [1.807, 2.05) is 12.1 Å². The first-order valence-electron chi connectivity index (χ1n) is 7.05. The lowest BCUT2D eigenvalue weighted by Crippen LogP contribution is -2.31. The van der Waals surface area contributed by atoms with Crippen LogP contribution in [0.15, 0.2) is 53.4 Å². The zero-order valence-electron chi connectivity index (χ0n) is 12.3. The summed E-state index contributed by atoms with van der Waals surface area (Å²) >= 11 is 0. The number of para-hydroxylation sites is 1. The molecule has 1 atom stereocenters. The number of hydrogen-bond donors (Lipinski definition) is 1. The second-order valence-electron chi connectivity index (χ2n) is 5.24. The number of rotatable bonds is 4. The van der Waals surface area contributed by atoms with E-state index in [1.165, 1.54) is 12.1 Å². The molecule has 1 aliphatic heterocycles. The highest BCUT2D eigenvalue weighted by atomic mass is 32.2. The minimum absolute atomic E-state index is 0.299. The topological polar surface area (TPSA) is 72.5 Å². The van der Waals surface area contributed by atoms with Crippen molar-refractivity contribution in [3.63, 3.8) is 0 Å². The molecule has 0 saturated carbocycles. The van der Waals surface area contributed by atoms with E-state index in [0.29, 0.717) is 17.9 Å². The van der Waals surface area contributed by atoms with Crippen molar-refractivity contribution in [1.82, 2.24) is 0 Å². The molecule has 3 rings (SSSR count). The summed E-state index contributed by atoms with van der Waals surface area (Å²) in [6.07, 6.45) is -0.258. The molecule has 0 aromatic heterocycles. The summed E-state index contributed by atoms with van der Waals surface area (Å²) in [6, 6.07) is 11.9. The van der Waals surface area contributed by atoms with Crippen molar-refractivity contribution in [3.05, 3.63) is 54.1 Å². The monoisotopic (exact) mass is 353 g/mol. The third-order valence-electron chi connectivity index (χ3n) is 3.62. The molecular weight excluding hydrogens is 340 g/mol. The SMILES string of the molecule is O=C(Nc1ccc(S(=O)(=O)C(F)F)cc1)[C@H]1Cc2ccccc2O1. The Kier molecular flexibility index (Phi) is 4.23. The highest BCUT2D eigenvalue weighted by molar-refractivity contribution is 7.91. The van der Waals surface area contributed by atoms with Gasteiger partial charge in [0.2, 0.25) is 9.84 Å². The van der Waals surface area contributed by atoms with Crippen LogP contribution in [0.1, 0.15) is 5.56 Å². The van der Waals surface area contributed by atoms with Gasteiger partial charge in [0.15, 0.2) is 6.10 Å². The predicted octanol–water partition coefficient (Wildman–Crippen LogP) is 2.63. The maximum Gasteiger partial charge on any atom is 0.341 e. The molecule has 0 saturated heterocycles.